The van der Waals surface area contributed by atoms with E-state index < -0.39 is 5.97 Å². The molecule has 0 aromatic rings. The van der Waals surface area contributed by atoms with Crippen LogP contribution in [0.25, 0.3) is 0 Å². The van der Waals surface area contributed by atoms with E-state index in [1.807, 2.05) is 0 Å². The van der Waals surface area contributed by atoms with Crippen LogP contribution in [0.3, 0.4) is 0 Å². The zero-order chi connectivity index (χ0) is 16.3. The van der Waals surface area contributed by atoms with Crippen LogP contribution < -0.4 is 10.6 Å². The number of carboxylic acid groups (broad SMARTS) is 1. The minimum Gasteiger partial charge on any atom is -0.481 e. The number of carboxylic acids is 1. The van der Waals surface area contributed by atoms with Gasteiger partial charge in [-0.25, -0.2) is 4.79 Å². The zero-order valence-electron chi connectivity index (χ0n) is 13.7. The number of rotatable bonds is 3. The van der Waals surface area contributed by atoms with Gasteiger partial charge >= 0.3 is 12.0 Å². The fourth-order valence-corrected chi connectivity index (χ4v) is 4.61. The smallest absolute Gasteiger partial charge is 0.315 e. The number of ether oxygens (including phenoxy) is 1. The number of aliphatic carboxylic acids is 1. The Morgan fingerprint density at radius 1 is 0.957 bits per heavy atom. The summed E-state index contributed by atoms with van der Waals surface area (Å²) >= 11 is 0. The van der Waals surface area contributed by atoms with Gasteiger partial charge in [-0.15, -0.1) is 0 Å². The quantitative estimate of drug-likeness (QED) is 0.743. The highest BCUT2D eigenvalue weighted by Crippen LogP contribution is 2.45. The number of hydrogen-bond acceptors (Lipinski definition) is 3. The van der Waals surface area contributed by atoms with Gasteiger partial charge in [0.25, 0.3) is 0 Å². The average Bonchev–Trinajstić information content (AvgIpc) is 2.90. The van der Waals surface area contributed by atoms with E-state index in [-0.39, 0.29) is 29.4 Å². The Balaban J connectivity index is 1.47. The van der Waals surface area contributed by atoms with Gasteiger partial charge in [0.15, 0.2) is 0 Å². The molecule has 2 aliphatic carbocycles. The highest BCUT2D eigenvalue weighted by Gasteiger charge is 2.44. The number of amides is 2. The molecule has 6 nitrogen and oxygen atoms in total. The molecule has 2 saturated carbocycles. The predicted octanol–water partition coefficient (Wildman–Crippen LogP) is 2.28. The third kappa shape index (κ3) is 3.79. The Hall–Kier alpha value is -1.30. The van der Waals surface area contributed by atoms with Gasteiger partial charge in [-0.2, -0.15) is 0 Å². The summed E-state index contributed by atoms with van der Waals surface area (Å²) in [5, 5.41) is 15.3. The van der Waals surface area contributed by atoms with Crippen LogP contribution in [0.15, 0.2) is 0 Å². The number of nitrogens with one attached hydrogen (secondary N) is 2. The Bertz CT molecular complexity index is 440. The van der Waals surface area contributed by atoms with Gasteiger partial charge in [0, 0.05) is 25.3 Å². The van der Waals surface area contributed by atoms with Gasteiger partial charge in [-0.05, 0) is 56.8 Å². The summed E-state index contributed by atoms with van der Waals surface area (Å²) < 4.78 is 5.48. The van der Waals surface area contributed by atoms with Gasteiger partial charge in [0.1, 0.15) is 0 Å². The first-order valence-electron chi connectivity index (χ1n) is 8.97. The number of carbonyl (C=O) groups is 2. The van der Waals surface area contributed by atoms with Crippen LogP contribution in [0.2, 0.25) is 0 Å². The molecule has 0 bridgehead atoms. The SMILES string of the molecule is O=C(NC1CCC(C(=O)O)CC1)NC1CCCC12CCOCC2. The molecule has 1 aliphatic heterocycles. The summed E-state index contributed by atoms with van der Waals surface area (Å²) in [5.74, 6) is -0.947. The second-order valence-corrected chi connectivity index (χ2v) is 7.42. The summed E-state index contributed by atoms with van der Waals surface area (Å²) in [6.45, 7) is 1.61. The summed E-state index contributed by atoms with van der Waals surface area (Å²) in [4.78, 5) is 23.3. The van der Waals surface area contributed by atoms with Crippen LogP contribution in [0, 0.1) is 11.3 Å². The lowest BCUT2D eigenvalue weighted by Crippen LogP contribution is -2.52. The number of hydrogen-bond donors (Lipinski definition) is 3. The van der Waals surface area contributed by atoms with E-state index in [1.165, 1.54) is 12.8 Å². The lowest BCUT2D eigenvalue weighted by molar-refractivity contribution is -0.142. The first-order valence-corrected chi connectivity index (χ1v) is 8.97. The van der Waals surface area contributed by atoms with Crippen molar-refractivity contribution in [3.05, 3.63) is 0 Å². The zero-order valence-corrected chi connectivity index (χ0v) is 13.7. The van der Waals surface area contributed by atoms with E-state index in [0.29, 0.717) is 12.8 Å². The van der Waals surface area contributed by atoms with Crippen molar-refractivity contribution in [1.82, 2.24) is 10.6 Å². The van der Waals surface area contributed by atoms with Crippen LogP contribution in [0.5, 0.6) is 0 Å². The van der Waals surface area contributed by atoms with Crippen molar-refractivity contribution in [2.24, 2.45) is 11.3 Å². The molecule has 3 fully saturated rings. The second kappa shape index (κ2) is 7.07. The van der Waals surface area contributed by atoms with E-state index in [0.717, 1.165) is 45.3 Å². The van der Waals surface area contributed by atoms with Crippen molar-refractivity contribution in [3.8, 4) is 0 Å². The van der Waals surface area contributed by atoms with Gasteiger partial charge in [-0.3, -0.25) is 4.79 Å². The molecule has 1 heterocycles. The van der Waals surface area contributed by atoms with E-state index in [1.54, 1.807) is 0 Å². The van der Waals surface area contributed by atoms with Crippen LogP contribution >= 0.6 is 0 Å². The first-order chi connectivity index (χ1) is 11.1. The predicted molar refractivity (Wildman–Crippen MR) is 85.2 cm³/mol. The standard InChI is InChI=1S/C17H28N2O4/c20-15(21)12-3-5-13(6-4-12)18-16(22)19-14-2-1-7-17(14)8-10-23-11-9-17/h12-14H,1-11H2,(H,20,21)(H2,18,19,22). The van der Waals surface area contributed by atoms with Crippen molar-refractivity contribution >= 4 is 12.0 Å². The van der Waals surface area contributed by atoms with Gasteiger partial charge < -0.3 is 20.5 Å². The molecule has 3 rings (SSSR count). The molecule has 0 aromatic carbocycles. The summed E-state index contributed by atoms with van der Waals surface area (Å²) in [6.07, 6.45) is 8.33. The lowest BCUT2D eigenvalue weighted by Gasteiger charge is -2.39. The van der Waals surface area contributed by atoms with Gasteiger partial charge in [0.05, 0.1) is 5.92 Å². The summed E-state index contributed by atoms with van der Waals surface area (Å²) in [7, 11) is 0. The van der Waals surface area contributed by atoms with E-state index in [4.69, 9.17) is 9.84 Å². The van der Waals surface area contributed by atoms with Crippen LogP contribution in [-0.4, -0.2) is 42.4 Å². The van der Waals surface area contributed by atoms with Crippen LogP contribution in [0.4, 0.5) is 4.79 Å². The van der Waals surface area contributed by atoms with Crippen molar-refractivity contribution in [2.75, 3.05) is 13.2 Å². The molecule has 1 spiro atoms. The summed E-state index contributed by atoms with van der Waals surface area (Å²) in [5.41, 5.74) is 0.233. The Kier molecular flexibility index (Phi) is 5.09. The molecule has 6 heteroatoms. The van der Waals surface area contributed by atoms with Crippen molar-refractivity contribution in [2.45, 2.75) is 69.9 Å². The van der Waals surface area contributed by atoms with E-state index >= 15 is 0 Å². The second-order valence-electron chi connectivity index (χ2n) is 7.42. The first kappa shape index (κ1) is 16.6. The fraction of sp³-hybridized carbons (Fsp3) is 0.882. The number of carbonyl (C=O) groups excluding carboxylic acids is 1. The maximum Gasteiger partial charge on any atom is 0.315 e. The van der Waals surface area contributed by atoms with Gasteiger partial charge in [-0.1, -0.05) is 6.42 Å². The molecular weight excluding hydrogens is 296 g/mol. The largest absolute Gasteiger partial charge is 0.481 e. The van der Waals surface area contributed by atoms with E-state index in [9.17, 15) is 9.59 Å². The monoisotopic (exact) mass is 324 g/mol. The third-order valence-electron chi connectivity index (χ3n) is 6.11. The highest BCUT2D eigenvalue weighted by atomic mass is 16.5. The molecule has 1 unspecified atom stereocenters. The minimum atomic E-state index is -0.708. The Morgan fingerprint density at radius 3 is 2.30 bits per heavy atom. The van der Waals surface area contributed by atoms with Crippen molar-refractivity contribution in [3.63, 3.8) is 0 Å². The molecule has 0 aromatic heterocycles. The van der Waals surface area contributed by atoms with E-state index in [2.05, 4.69) is 10.6 Å². The fourth-order valence-electron chi connectivity index (χ4n) is 4.61. The Morgan fingerprint density at radius 2 is 1.65 bits per heavy atom. The molecule has 23 heavy (non-hydrogen) atoms. The van der Waals surface area contributed by atoms with Crippen molar-refractivity contribution < 1.29 is 19.4 Å². The number of urea groups is 1. The van der Waals surface area contributed by atoms with Crippen molar-refractivity contribution in [1.29, 1.82) is 0 Å². The molecule has 130 valence electrons. The highest BCUT2D eigenvalue weighted by molar-refractivity contribution is 5.75. The molecule has 1 atom stereocenters. The molecule has 0 radical (unpaired) electrons. The third-order valence-corrected chi connectivity index (χ3v) is 6.11. The normalized spacial score (nSPS) is 33.3. The van der Waals surface area contributed by atoms with Crippen LogP contribution in [-0.2, 0) is 9.53 Å². The van der Waals surface area contributed by atoms with Crippen LogP contribution in [0.1, 0.15) is 57.8 Å². The topological polar surface area (TPSA) is 87.7 Å². The minimum absolute atomic E-state index is 0.0819. The lowest BCUT2D eigenvalue weighted by atomic mass is 9.75. The average molecular weight is 324 g/mol. The maximum atomic E-state index is 12.3. The molecule has 3 aliphatic rings. The molecule has 2 amide bonds. The molecule has 1 saturated heterocycles. The molecule has 3 N–H and O–H groups in total. The Labute approximate surface area is 137 Å². The van der Waals surface area contributed by atoms with Gasteiger partial charge in [0.2, 0.25) is 0 Å². The maximum absolute atomic E-state index is 12.3. The summed E-state index contributed by atoms with van der Waals surface area (Å²) in [6, 6.07) is 0.279. The molecular formula is C17H28N2O4.